The average Bonchev–Trinajstić information content (AvgIpc) is 3.51. The number of carbonyl (C=O) groups is 1. The van der Waals surface area contributed by atoms with Crippen LogP contribution in [0, 0.1) is 0 Å². The summed E-state index contributed by atoms with van der Waals surface area (Å²) in [7, 11) is 0. The summed E-state index contributed by atoms with van der Waals surface area (Å²) in [6, 6.07) is 13.1. The zero-order chi connectivity index (χ0) is 20.9. The van der Waals surface area contributed by atoms with Crippen LogP contribution in [0.1, 0.15) is 24.3 Å². The highest BCUT2D eigenvalue weighted by atomic mass is 32.2. The molecule has 1 aromatic heterocycles. The monoisotopic (exact) mass is 424 g/mol. The van der Waals surface area contributed by atoms with Crippen molar-refractivity contribution < 1.29 is 14.6 Å². The van der Waals surface area contributed by atoms with Gasteiger partial charge in [0, 0.05) is 53.1 Å². The second kappa shape index (κ2) is 9.32. The number of amides is 1. The van der Waals surface area contributed by atoms with Gasteiger partial charge in [-0.05, 0) is 24.5 Å². The molecule has 7 nitrogen and oxygen atoms in total. The molecule has 0 bridgehead atoms. The van der Waals surface area contributed by atoms with Crippen molar-refractivity contribution in [2.24, 2.45) is 10.1 Å². The molecule has 1 fully saturated rings. The van der Waals surface area contributed by atoms with Crippen LogP contribution in [-0.4, -0.2) is 52.9 Å². The quantitative estimate of drug-likeness (QED) is 0.499. The van der Waals surface area contributed by atoms with E-state index in [2.05, 4.69) is 9.38 Å². The highest BCUT2D eigenvalue weighted by Crippen LogP contribution is 2.27. The van der Waals surface area contributed by atoms with Gasteiger partial charge in [-0.25, -0.2) is 9.38 Å². The molecule has 1 saturated carbocycles. The van der Waals surface area contributed by atoms with Crippen molar-refractivity contribution in [1.82, 2.24) is 9.88 Å². The summed E-state index contributed by atoms with van der Waals surface area (Å²) in [4.78, 5) is 19.7. The molecule has 8 heteroatoms. The van der Waals surface area contributed by atoms with Gasteiger partial charge in [0.05, 0.1) is 19.1 Å². The number of aliphatic hydroxyl groups excluding tert-OH is 1. The molecule has 0 radical (unpaired) electrons. The molecule has 3 N–H and O–H groups in total. The lowest BCUT2D eigenvalue weighted by molar-refractivity contribution is -0.132. The molecule has 1 aliphatic carbocycles. The van der Waals surface area contributed by atoms with Crippen LogP contribution < -0.4 is 10.5 Å². The molecule has 0 spiro atoms. The van der Waals surface area contributed by atoms with Gasteiger partial charge in [0.25, 0.3) is 0 Å². The fourth-order valence-electron chi connectivity index (χ4n) is 3.18. The van der Waals surface area contributed by atoms with E-state index in [4.69, 9.17) is 10.5 Å². The van der Waals surface area contributed by atoms with Crippen LogP contribution in [0.2, 0.25) is 0 Å². The molecule has 1 amide bonds. The van der Waals surface area contributed by atoms with Crippen LogP contribution in [0.25, 0.3) is 0 Å². The Bertz CT molecular complexity index is 943. The first kappa shape index (κ1) is 20.4. The molecule has 30 heavy (non-hydrogen) atoms. The normalized spacial score (nSPS) is 17.6. The van der Waals surface area contributed by atoms with E-state index in [9.17, 15) is 9.90 Å². The molecule has 1 aliphatic heterocycles. The molecule has 1 atom stereocenters. The second-order valence-electron chi connectivity index (χ2n) is 7.37. The number of ether oxygens (including phenoxy) is 1. The van der Waals surface area contributed by atoms with Gasteiger partial charge in [0.1, 0.15) is 6.10 Å². The predicted octanol–water partition coefficient (Wildman–Crippen LogP) is 2.53. The first-order valence-electron chi connectivity index (χ1n) is 9.89. The number of pyridine rings is 1. The Morgan fingerprint density at radius 2 is 2.10 bits per heavy atom. The lowest BCUT2D eigenvalue weighted by Crippen LogP contribution is -2.36. The number of nitrogens with zero attached hydrogens (tertiary/aromatic N) is 3. The number of aliphatic hydroxyl groups is 1. The molecular weight excluding hydrogens is 400 g/mol. The lowest BCUT2D eigenvalue weighted by Gasteiger charge is -2.22. The molecule has 2 aromatic rings. The third-order valence-corrected chi connectivity index (χ3v) is 5.68. The van der Waals surface area contributed by atoms with Crippen molar-refractivity contribution in [3.63, 3.8) is 0 Å². The Hall–Kier alpha value is -2.84. The topological polar surface area (TPSA) is 101 Å². The van der Waals surface area contributed by atoms with Gasteiger partial charge >= 0.3 is 0 Å². The minimum Gasteiger partial charge on any atom is -0.474 e. The number of aromatic nitrogens is 1. The molecule has 1 aromatic carbocycles. The van der Waals surface area contributed by atoms with Crippen LogP contribution in [0.4, 0.5) is 0 Å². The van der Waals surface area contributed by atoms with Crippen molar-refractivity contribution in [2.45, 2.75) is 29.8 Å². The summed E-state index contributed by atoms with van der Waals surface area (Å²) in [5.41, 5.74) is 8.35. The van der Waals surface area contributed by atoms with Crippen molar-refractivity contribution in [3.05, 3.63) is 65.5 Å². The Labute approximate surface area is 179 Å². The molecule has 2 heterocycles. The second-order valence-corrected chi connectivity index (χ2v) is 8.23. The Balaban J connectivity index is 1.33. The number of nitrogens with two attached hydrogens (primary N) is 1. The third kappa shape index (κ3) is 5.01. The highest BCUT2D eigenvalue weighted by Gasteiger charge is 2.30. The summed E-state index contributed by atoms with van der Waals surface area (Å²) in [5, 5.41) is 9.74. The smallest absolute Gasteiger partial charge is 0.233 e. The van der Waals surface area contributed by atoms with Crippen LogP contribution in [0.15, 0.2) is 69.2 Å². The van der Waals surface area contributed by atoms with E-state index in [1.165, 1.54) is 11.9 Å². The van der Waals surface area contributed by atoms with Gasteiger partial charge in [0.2, 0.25) is 11.8 Å². The fourth-order valence-corrected chi connectivity index (χ4v) is 3.71. The van der Waals surface area contributed by atoms with Gasteiger partial charge < -0.3 is 20.5 Å². The largest absolute Gasteiger partial charge is 0.474 e. The average molecular weight is 425 g/mol. The van der Waals surface area contributed by atoms with E-state index in [0.29, 0.717) is 30.8 Å². The Morgan fingerprint density at radius 3 is 2.77 bits per heavy atom. The molecular formula is C22H24N4O3S. The van der Waals surface area contributed by atoms with Gasteiger partial charge in [-0.15, -0.1) is 0 Å². The van der Waals surface area contributed by atoms with Gasteiger partial charge in [-0.1, -0.05) is 30.3 Å². The highest BCUT2D eigenvalue weighted by molar-refractivity contribution is 7.98. The van der Waals surface area contributed by atoms with E-state index in [1.54, 1.807) is 17.3 Å². The first-order chi connectivity index (χ1) is 14.6. The maximum atomic E-state index is 12.9. The van der Waals surface area contributed by atoms with Crippen molar-refractivity contribution in [2.75, 3.05) is 19.7 Å². The maximum absolute atomic E-state index is 12.9. The molecule has 2 aliphatic rings. The van der Waals surface area contributed by atoms with Crippen molar-refractivity contribution in [3.8, 4) is 5.88 Å². The van der Waals surface area contributed by atoms with E-state index in [1.807, 2.05) is 42.5 Å². The van der Waals surface area contributed by atoms with E-state index in [0.717, 1.165) is 28.9 Å². The predicted molar refractivity (Wildman–Crippen MR) is 116 cm³/mol. The standard InChI is InChI=1S/C22H24N4O3S/c23-20-13-26(22(28)19(14-27)15-4-2-1-3-5-15)12-16(20)10-25-30-18-8-9-21(24-11-18)29-17-6-7-17/h1-5,8-11,17,19,27H,6-7,12-14,23H2. The molecule has 0 saturated heterocycles. The SMILES string of the molecule is NC1=C(C=NSc2ccc(OC3CC3)nc2)CN(C(=O)C(CO)c2ccccc2)C1. The Kier molecular flexibility index (Phi) is 6.35. The number of hydrogen-bond acceptors (Lipinski definition) is 7. The number of rotatable bonds is 8. The number of carbonyl (C=O) groups excluding carboxylic acids is 1. The Morgan fingerprint density at radius 1 is 1.30 bits per heavy atom. The summed E-state index contributed by atoms with van der Waals surface area (Å²) in [6.07, 6.45) is 5.95. The third-order valence-electron chi connectivity index (χ3n) is 5.02. The molecule has 156 valence electrons. The minimum atomic E-state index is -0.591. The zero-order valence-electron chi connectivity index (χ0n) is 16.5. The van der Waals surface area contributed by atoms with Crippen molar-refractivity contribution in [1.29, 1.82) is 0 Å². The van der Waals surface area contributed by atoms with E-state index >= 15 is 0 Å². The van der Waals surface area contributed by atoms with Crippen LogP contribution >= 0.6 is 11.9 Å². The summed E-state index contributed by atoms with van der Waals surface area (Å²) >= 11 is 1.29. The summed E-state index contributed by atoms with van der Waals surface area (Å²) in [5.74, 6) is -0.0927. The zero-order valence-corrected chi connectivity index (χ0v) is 17.3. The van der Waals surface area contributed by atoms with Crippen molar-refractivity contribution >= 4 is 24.1 Å². The minimum absolute atomic E-state index is 0.141. The van der Waals surface area contributed by atoms with Gasteiger partial charge in [-0.2, -0.15) is 0 Å². The molecule has 4 rings (SSSR count). The molecule has 1 unspecified atom stereocenters. The van der Waals surface area contributed by atoms with E-state index < -0.39 is 5.92 Å². The van der Waals surface area contributed by atoms with Gasteiger partial charge in [0.15, 0.2) is 0 Å². The lowest BCUT2D eigenvalue weighted by atomic mass is 9.98. The first-order valence-corrected chi connectivity index (χ1v) is 10.7. The maximum Gasteiger partial charge on any atom is 0.233 e. The van der Waals surface area contributed by atoms with Gasteiger partial charge in [-0.3, -0.25) is 4.79 Å². The fraction of sp³-hybridized carbons (Fsp3) is 0.318. The number of benzene rings is 1. The van der Waals surface area contributed by atoms with E-state index in [-0.39, 0.29) is 12.5 Å². The summed E-state index contributed by atoms with van der Waals surface area (Å²) in [6.45, 7) is 0.472. The number of hydrogen-bond donors (Lipinski definition) is 2. The van der Waals surface area contributed by atoms with Crippen LogP contribution in [-0.2, 0) is 4.79 Å². The summed E-state index contributed by atoms with van der Waals surface area (Å²) < 4.78 is 10.0. The van der Waals surface area contributed by atoms with Crippen LogP contribution in [0.3, 0.4) is 0 Å². The van der Waals surface area contributed by atoms with Crippen LogP contribution in [0.5, 0.6) is 5.88 Å².